The zero-order chi connectivity index (χ0) is 25.4. The summed E-state index contributed by atoms with van der Waals surface area (Å²) in [5, 5.41) is 1.94. The van der Waals surface area contributed by atoms with E-state index < -0.39 is 0 Å². The number of carbonyl (C=O) groups is 2. The number of hydrogen-bond acceptors (Lipinski definition) is 3. The van der Waals surface area contributed by atoms with Gasteiger partial charge in [0.05, 0.1) is 5.57 Å². The average molecular weight is 472 g/mol. The molecule has 4 aromatic carbocycles. The third-order valence-corrected chi connectivity index (χ3v) is 7.95. The van der Waals surface area contributed by atoms with Crippen molar-refractivity contribution in [2.45, 2.75) is 39.0 Å². The molecule has 0 atom stereocenters. The van der Waals surface area contributed by atoms with Gasteiger partial charge < -0.3 is 4.90 Å². The van der Waals surface area contributed by atoms with E-state index in [2.05, 4.69) is 70.0 Å². The van der Waals surface area contributed by atoms with Crippen molar-refractivity contribution >= 4 is 39.8 Å². The van der Waals surface area contributed by atoms with Gasteiger partial charge in [-0.15, -0.1) is 0 Å². The van der Waals surface area contributed by atoms with E-state index in [9.17, 15) is 9.59 Å². The molecule has 6 rings (SSSR count). The maximum absolute atomic E-state index is 13.3. The average Bonchev–Trinajstić information content (AvgIpc) is 3.10. The van der Waals surface area contributed by atoms with Crippen LogP contribution in [0, 0.1) is 0 Å². The van der Waals surface area contributed by atoms with Crippen molar-refractivity contribution < 1.29 is 9.59 Å². The van der Waals surface area contributed by atoms with Crippen LogP contribution in [0.3, 0.4) is 0 Å². The summed E-state index contributed by atoms with van der Waals surface area (Å²) in [6.07, 6.45) is 1.77. The molecule has 178 valence electrons. The largest absolute Gasteiger partial charge is 0.344 e. The standard InChI is InChI=1S/C33H29NO2/c1-19(2)21-11-13-30-28(18-21)33(3,4)27-15-20(10-12-29(27)34(30)5)14-26-31(35)24-16-22-8-6-7-9-23(22)17-25(24)32(26)36/h6-19H,1-5H3. The molecule has 0 N–H and O–H groups in total. The van der Waals surface area contributed by atoms with Gasteiger partial charge in [-0.1, -0.05) is 70.2 Å². The highest BCUT2D eigenvalue weighted by Crippen LogP contribution is 2.49. The molecule has 1 heterocycles. The molecule has 0 spiro atoms. The normalized spacial score (nSPS) is 15.8. The number of carbonyl (C=O) groups excluding carboxylic acids is 2. The van der Waals surface area contributed by atoms with Crippen molar-refractivity contribution in [2.24, 2.45) is 0 Å². The van der Waals surface area contributed by atoms with Crippen molar-refractivity contribution in [3.05, 3.63) is 112 Å². The molecule has 1 aliphatic carbocycles. The Morgan fingerprint density at radius 2 is 1.31 bits per heavy atom. The van der Waals surface area contributed by atoms with E-state index >= 15 is 0 Å². The molecule has 36 heavy (non-hydrogen) atoms. The second-order valence-corrected chi connectivity index (χ2v) is 10.9. The summed E-state index contributed by atoms with van der Waals surface area (Å²) in [4.78, 5) is 28.8. The van der Waals surface area contributed by atoms with Crippen LogP contribution >= 0.6 is 0 Å². The molecular weight excluding hydrogens is 442 g/mol. The molecule has 3 nitrogen and oxygen atoms in total. The zero-order valence-corrected chi connectivity index (χ0v) is 21.3. The molecule has 3 heteroatoms. The van der Waals surface area contributed by atoms with Crippen molar-refractivity contribution in [1.29, 1.82) is 0 Å². The van der Waals surface area contributed by atoms with Crippen LogP contribution in [0.15, 0.2) is 78.4 Å². The first-order valence-electron chi connectivity index (χ1n) is 12.5. The molecule has 2 aliphatic rings. The molecule has 0 amide bonds. The Bertz CT molecular complexity index is 1580. The fourth-order valence-electron chi connectivity index (χ4n) is 5.72. The number of benzene rings is 4. The van der Waals surface area contributed by atoms with Crippen molar-refractivity contribution in [3.8, 4) is 0 Å². The number of fused-ring (bicyclic) bond motifs is 4. The monoisotopic (exact) mass is 471 g/mol. The molecule has 0 fully saturated rings. The summed E-state index contributed by atoms with van der Waals surface area (Å²) in [6, 6.07) is 24.6. The third kappa shape index (κ3) is 3.19. The number of hydrogen-bond donors (Lipinski definition) is 0. The summed E-state index contributed by atoms with van der Waals surface area (Å²) >= 11 is 0. The van der Waals surface area contributed by atoms with Gasteiger partial charge in [0, 0.05) is 35.0 Å². The highest BCUT2D eigenvalue weighted by molar-refractivity contribution is 6.42. The SMILES string of the molecule is CC(C)c1ccc2c(c1)C(C)(C)c1cc(C=C3C(=O)c4cc5ccccc5cc4C3=O)ccc1N2C. The number of Topliss-reactive ketones (excluding diaryl/α,β-unsaturated/α-hetero) is 2. The Balaban J connectivity index is 1.44. The molecule has 0 radical (unpaired) electrons. The van der Waals surface area contributed by atoms with E-state index in [-0.39, 0.29) is 22.6 Å². The number of ketones is 2. The van der Waals surface area contributed by atoms with Crippen LogP contribution in [0.1, 0.15) is 76.6 Å². The smallest absolute Gasteiger partial charge is 0.197 e. The van der Waals surface area contributed by atoms with Crippen LogP contribution in [0.5, 0.6) is 0 Å². The molecule has 0 saturated heterocycles. The third-order valence-electron chi connectivity index (χ3n) is 7.95. The number of allylic oxidation sites excluding steroid dienone is 1. The summed E-state index contributed by atoms with van der Waals surface area (Å²) < 4.78 is 0. The number of rotatable bonds is 2. The molecule has 0 aromatic heterocycles. The quantitative estimate of drug-likeness (QED) is 0.221. The molecule has 0 saturated carbocycles. The fraction of sp³-hybridized carbons (Fsp3) is 0.212. The van der Waals surface area contributed by atoms with Gasteiger partial charge in [0.1, 0.15) is 0 Å². The Morgan fingerprint density at radius 1 is 0.750 bits per heavy atom. The van der Waals surface area contributed by atoms with E-state index in [1.165, 1.54) is 22.4 Å². The van der Waals surface area contributed by atoms with Crippen molar-refractivity contribution in [1.82, 2.24) is 0 Å². The van der Waals surface area contributed by atoms with E-state index in [0.717, 1.165) is 22.0 Å². The van der Waals surface area contributed by atoms with Gasteiger partial charge in [-0.3, -0.25) is 9.59 Å². The lowest BCUT2D eigenvalue weighted by Crippen LogP contribution is -2.31. The van der Waals surface area contributed by atoms with Crippen LogP contribution in [-0.4, -0.2) is 18.6 Å². The number of anilines is 2. The van der Waals surface area contributed by atoms with Gasteiger partial charge >= 0.3 is 0 Å². The van der Waals surface area contributed by atoms with E-state index in [0.29, 0.717) is 17.0 Å². The summed E-state index contributed by atoms with van der Waals surface area (Å²) in [5.74, 6) is 0.0649. The molecule has 0 unspecified atom stereocenters. The van der Waals surface area contributed by atoms with Gasteiger partial charge in [0.25, 0.3) is 0 Å². The van der Waals surface area contributed by atoms with E-state index in [4.69, 9.17) is 0 Å². The Hall–Kier alpha value is -3.98. The van der Waals surface area contributed by atoms with Crippen molar-refractivity contribution in [3.63, 3.8) is 0 Å². The fourth-order valence-corrected chi connectivity index (χ4v) is 5.72. The first-order chi connectivity index (χ1) is 17.2. The lowest BCUT2D eigenvalue weighted by atomic mass is 9.72. The number of nitrogens with zero attached hydrogens (tertiary/aromatic N) is 1. The van der Waals surface area contributed by atoms with Gasteiger partial charge in [-0.05, 0) is 75.4 Å². The molecule has 0 bridgehead atoms. The van der Waals surface area contributed by atoms with Gasteiger partial charge in [0.15, 0.2) is 11.6 Å². The van der Waals surface area contributed by atoms with Gasteiger partial charge in [0.2, 0.25) is 0 Å². The minimum Gasteiger partial charge on any atom is -0.344 e. The second-order valence-electron chi connectivity index (χ2n) is 10.9. The Kier molecular flexibility index (Phi) is 4.85. The van der Waals surface area contributed by atoms with Crippen LogP contribution in [-0.2, 0) is 5.41 Å². The molecular formula is C33H29NO2. The molecule has 1 aliphatic heterocycles. The summed E-state index contributed by atoms with van der Waals surface area (Å²) in [5.41, 5.74) is 8.05. The maximum atomic E-state index is 13.3. The van der Waals surface area contributed by atoms with Gasteiger partial charge in [-0.25, -0.2) is 0 Å². The lowest BCUT2D eigenvalue weighted by molar-refractivity contribution is 0.0990. The summed E-state index contributed by atoms with van der Waals surface area (Å²) in [6.45, 7) is 8.95. The van der Waals surface area contributed by atoms with Crippen LogP contribution in [0.4, 0.5) is 11.4 Å². The van der Waals surface area contributed by atoms with Crippen molar-refractivity contribution in [2.75, 3.05) is 11.9 Å². The van der Waals surface area contributed by atoms with Crippen LogP contribution < -0.4 is 4.90 Å². The summed E-state index contributed by atoms with van der Waals surface area (Å²) in [7, 11) is 2.10. The van der Waals surface area contributed by atoms with Crippen LogP contribution in [0.2, 0.25) is 0 Å². The first-order valence-corrected chi connectivity index (χ1v) is 12.5. The molecule has 4 aromatic rings. The van der Waals surface area contributed by atoms with E-state index in [1.54, 1.807) is 6.08 Å². The predicted octanol–water partition coefficient (Wildman–Crippen LogP) is 7.83. The predicted molar refractivity (Wildman–Crippen MR) is 148 cm³/mol. The maximum Gasteiger partial charge on any atom is 0.197 e. The topological polar surface area (TPSA) is 37.4 Å². The second kappa shape index (κ2) is 7.76. The lowest BCUT2D eigenvalue weighted by Gasteiger charge is -2.41. The zero-order valence-electron chi connectivity index (χ0n) is 21.3. The first kappa shape index (κ1) is 22.5. The highest BCUT2D eigenvalue weighted by atomic mass is 16.2. The minimum absolute atomic E-state index is 0.193. The van der Waals surface area contributed by atoms with E-state index in [1.807, 2.05) is 42.5 Å². The van der Waals surface area contributed by atoms with Crippen LogP contribution in [0.25, 0.3) is 16.8 Å². The van der Waals surface area contributed by atoms with Gasteiger partial charge in [-0.2, -0.15) is 0 Å². The highest BCUT2D eigenvalue weighted by Gasteiger charge is 2.36. The Morgan fingerprint density at radius 3 is 1.89 bits per heavy atom. The Labute approximate surface area is 212 Å². The minimum atomic E-state index is -0.221.